The number of anilines is 1. The first-order chi connectivity index (χ1) is 11.4. The minimum atomic E-state index is -0.0884. The molecule has 0 spiro atoms. The van der Waals surface area contributed by atoms with Crippen LogP contribution in [-0.4, -0.2) is 28.4 Å². The third kappa shape index (κ3) is 6.30. The Morgan fingerprint density at radius 2 is 2.12 bits per heavy atom. The standard InChI is InChI=1S/C16H21ClN4OS2/c1-10(2)8-18-15-20-21-16(24-15)23-9-14(22)19-11(3)12-5-4-6-13(17)7-12/h4-7,10-11H,8-9H2,1-3H3,(H,18,20)(H,19,22)/t11-/m1/s1. The molecule has 0 saturated heterocycles. The van der Waals surface area contributed by atoms with Crippen molar-refractivity contribution in [1.82, 2.24) is 15.5 Å². The fourth-order valence-corrected chi connectivity index (χ4v) is 3.67. The fraction of sp³-hybridized carbons (Fsp3) is 0.438. The average Bonchev–Trinajstić information content (AvgIpc) is 2.99. The lowest BCUT2D eigenvalue weighted by atomic mass is 10.1. The summed E-state index contributed by atoms with van der Waals surface area (Å²) in [5, 5.41) is 15.8. The molecule has 5 nitrogen and oxygen atoms in total. The molecule has 2 N–H and O–H groups in total. The molecule has 8 heteroatoms. The van der Waals surface area contributed by atoms with Gasteiger partial charge < -0.3 is 10.6 Å². The predicted molar refractivity (Wildman–Crippen MR) is 102 cm³/mol. The van der Waals surface area contributed by atoms with E-state index in [1.54, 1.807) is 0 Å². The van der Waals surface area contributed by atoms with Gasteiger partial charge in [0.05, 0.1) is 11.8 Å². The number of thioether (sulfide) groups is 1. The minimum Gasteiger partial charge on any atom is -0.360 e. The zero-order chi connectivity index (χ0) is 17.5. The van der Waals surface area contributed by atoms with Gasteiger partial charge in [-0.05, 0) is 30.5 Å². The third-order valence-corrected chi connectivity index (χ3v) is 5.37. The first-order valence-corrected chi connectivity index (χ1v) is 9.87. The van der Waals surface area contributed by atoms with E-state index >= 15 is 0 Å². The summed E-state index contributed by atoms with van der Waals surface area (Å²) in [6, 6.07) is 7.41. The van der Waals surface area contributed by atoms with Crippen molar-refractivity contribution in [1.29, 1.82) is 0 Å². The van der Waals surface area contributed by atoms with Crippen LogP contribution in [0.3, 0.4) is 0 Å². The van der Waals surface area contributed by atoms with E-state index in [0.29, 0.717) is 16.7 Å². The summed E-state index contributed by atoms with van der Waals surface area (Å²) in [5.74, 6) is 0.812. The van der Waals surface area contributed by atoms with Crippen molar-refractivity contribution in [2.75, 3.05) is 17.6 Å². The Balaban J connectivity index is 1.78. The SMILES string of the molecule is CC(C)CNc1nnc(SCC(=O)N[C@H](C)c2cccc(Cl)c2)s1. The maximum absolute atomic E-state index is 12.1. The second-order valence-corrected chi connectivity index (χ2v) is 8.42. The van der Waals surface area contributed by atoms with E-state index in [4.69, 9.17) is 11.6 Å². The van der Waals surface area contributed by atoms with Crippen LogP contribution in [0.15, 0.2) is 28.6 Å². The molecule has 1 heterocycles. The van der Waals surface area contributed by atoms with Crippen LogP contribution in [0.1, 0.15) is 32.4 Å². The van der Waals surface area contributed by atoms with Crippen LogP contribution in [0, 0.1) is 5.92 Å². The van der Waals surface area contributed by atoms with E-state index in [0.717, 1.165) is 21.6 Å². The second-order valence-electron chi connectivity index (χ2n) is 5.78. The zero-order valence-corrected chi connectivity index (χ0v) is 16.3. The maximum Gasteiger partial charge on any atom is 0.230 e. The highest BCUT2D eigenvalue weighted by molar-refractivity contribution is 8.01. The average molecular weight is 385 g/mol. The van der Waals surface area contributed by atoms with Crippen molar-refractivity contribution in [3.05, 3.63) is 34.9 Å². The van der Waals surface area contributed by atoms with Crippen LogP contribution >= 0.6 is 34.7 Å². The quantitative estimate of drug-likeness (QED) is 0.666. The van der Waals surface area contributed by atoms with Gasteiger partial charge >= 0.3 is 0 Å². The van der Waals surface area contributed by atoms with Crippen molar-refractivity contribution in [3.8, 4) is 0 Å². The Morgan fingerprint density at radius 1 is 1.33 bits per heavy atom. The number of carbonyl (C=O) groups is 1. The van der Waals surface area contributed by atoms with E-state index in [2.05, 4.69) is 34.7 Å². The lowest BCUT2D eigenvalue weighted by Crippen LogP contribution is -2.28. The number of nitrogens with one attached hydrogen (secondary N) is 2. The number of rotatable bonds is 8. The topological polar surface area (TPSA) is 66.9 Å². The molecular formula is C16H21ClN4OS2. The van der Waals surface area contributed by atoms with Gasteiger partial charge in [-0.1, -0.05) is 60.7 Å². The Bertz CT molecular complexity index is 678. The molecule has 0 fully saturated rings. The van der Waals surface area contributed by atoms with Crippen LogP contribution in [0.5, 0.6) is 0 Å². The molecule has 2 rings (SSSR count). The molecule has 0 aliphatic carbocycles. The van der Waals surface area contributed by atoms with Crippen molar-refractivity contribution in [2.24, 2.45) is 5.92 Å². The number of halogens is 1. The van der Waals surface area contributed by atoms with E-state index in [1.807, 2.05) is 31.2 Å². The fourth-order valence-electron chi connectivity index (χ4n) is 1.90. The van der Waals surface area contributed by atoms with Gasteiger partial charge in [0.15, 0.2) is 4.34 Å². The summed E-state index contributed by atoms with van der Waals surface area (Å²) in [6.07, 6.45) is 0. The molecule has 24 heavy (non-hydrogen) atoms. The number of nitrogens with zero attached hydrogens (tertiary/aromatic N) is 2. The molecule has 0 bridgehead atoms. The maximum atomic E-state index is 12.1. The third-order valence-electron chi connectivity index (χ3n) is 3.12. The predicted octanol–water partition coefficient (Wildman–Crippen LogP) is 4.23. The number of amides is 1. The van der Waals surface area contributed by atoms with Crippen LogP contribution in [-0.2, 0) is 4.79 Å². The Kier molecular flexibility index (Phi) is 7.33. The molecule has 0 radical (unpaired) electrons. The molecule has 1 aromatic carbocycles. The zero-order valence-electron chi connectivity index (χ0n) is 13.9. The first-order valence-electron chi connectivity index (χ1n) is 7.69. The molecule has 0 saturated carbocycles. The van der Waals surface area contributed by atoms with Crippen molar-refractivity contribution < 1.29 is 4.79 Å². The van der Waals surface area contributed by atoms with Gasteiger partial charge in [-0.15, -0.1) is 10.2 Å². The summed E-state index contributed by atoms with van der Waals surface area (Å²) in [5.41, 5.74) is 0.983. The number of aromatic nitrogens is 2. The van der Waals surface area contributed by atoms with Gasteiger partial charge in [0, 0.05) is 11.6 Å². The lowest BCUT2D eigenvalue weighted by Gasteiger charge is -2.14. The van der Waals surface area contributed by atoms with Crippen molar-refractivity contribution in [2.45, 2.75) is 31.2 Å². The molecular weight excluding hydrogens is 364 g/mol. The highest BCUT2D eigenvalue weighted by Gasteiger charge is 2.12. The smallest absolute Gasteiger partial charge is 0.230 e. The highest BCUT2D eigenvalue weighted by atomic mass is 35.5. The van der Waals surface area contributed by atoms with Gasteiger partial charge in [-0.2, -0.15) is 0 Å². The van der Waals surface area contributed by atoms with Crippen LogP contribution in [0.4, 0.5) is 5.13 Å². The summed E-state index contributed by atoms with van der Waals surface area (Å²) in [6.45, 7) is 7.06. The Morgan fingerprint density at radius 3 is 2.83 bits per heavy atom. The van der Waals surface area contributed by atoms with Crippen molar-refractivity contribution in [3.63, 3.8) is 0 Å². The lowest BCUT2D eigenvalue weighted by molar-refractivity contribution is -0.119. The van der Waals surface area contributed by atoms with Gasteiger partial charge in [0.2, 0.25) is 11.0 Å². The van der Waals surface area contributed by atoms with E-state index in [9.17, 15) is 4.79 Å². The highest BCUT2D eigenvalue weighted by Crippen LogP contribution is 2.25. The Hall–Kier alpha value is -1.31. The molecule has 0 unspecified atom stereocenters. The van der Waals surface area contributed by atoms with E-state index < -0.39 is 0 Å². The molecule has 130 valence electrons. The minimum absolute atomic E-state index is 0.0423. The largest absolute Gasteiger partial charge is 0.360 e. The van der Waals surface area contributed by atoms with Crippen molar-refractivity contribution >= 4 is 45.7 Å². The molecule has 2 aromatic rings. The second kappa shape index (κ2) is 9.25. The first kappa shape index (κ1) is 19.0. The molecule has 1 atom stereocenters. The summed E-state index contributed by atoms with van der Waals surface area (Å²) in [4.78, 5) is 12.1. The van der Waals surface area contributed by atoms with Gasteiger partial charge in [-0.3, -0.25) is 4.79 Å². The van der Waals surface area contributed by atoms with E-state index in [-0.39, 0.29) is 11.9 Å². The number of benzene rings is 1. The molecule has 0 aliphatic rings. The van der Waals surface area contributed by atoms with Gasteiger partial charge in [0.1, 0.15) is 0 Å². The number of carbonyl (C=O) groups excluding carboxylic acids is 1. The van der Waals surface area contributed by atoms with Crippen LogP contribution in [0.2, 0.25) is 5.02 Å². The monoisotopic (exact) mass is 384 g/mol. The number of hydrogen-bond acceptors (Lipinski definition) is 6. The Labute approximate surface area is 155 Å². The number of hydrogen-bond donors (Lipinski definition) is 2. The van der Waals surface area contributed by atoms with Gasteiger partial charge in [-0.25, -0.2) is 0 Å². The summed E-state index contributed by atoms with van der Waals surface area (Å²) in [7, 11) is 0. The summed E-state index contributed by atoms with van der Waals surface area (Å²) >= 11 is 8.83. The van der Waals surface area contributed by atoms with Gasteiger partial charge in [0.25, 0.3) is 0 Å². The van der Waals surface area contributed by atoms with Crippen LogP contribution in [0.25, 0.3) is 0 Å². The van der Waals surface area contributed by atoms with Crippen LogP contribution < -0.4 is 10.6 Å². The van der Waals surface area contributed by atoms with E-state index in [1.165, 1.54) is 23.1 Å². The molecule has 0 aliphatic heterocycles. The normalized spacial score (nSPS) is 12.2. The summed E-state index contributed by atoms with van der Waals surface area (Å²) < 4.78 is 0.784. The molecule has 1 amide bonds. The molecule has 1 aromatic heterocycles.